The minimum atomic E-state index is -1.24. The molecule has 1 aromatic rings. The Bertz CT molecular complexity index is 506. The van der Waals surface area contributed by atoms with Crippen LogP contribution in [-0.2, 0) is 9.53 Å². The van der Waals surface area contributed by atoms with Crippen LogP contribution < -0.4 is 5.32 Å². The number of amides is 1. The van der Waals surface area contributed by atoms with Gasteiger partial charge in [-0.2, -0.15) is 0 Å². The van der Waals surface area contributed by atoms with Crippen LogP contribution in [0.2, 0.25) is 0 Å². The lowest BCUT2D eigenvalue weighted by Gasteiger charge is -2.33. The van der Waals surface area contributed by atoms with Crippen molar-refractivity contribution in [2.24, 2.45) is 0 Å². The van der Waals surface area contributed by atoms with Gasteiger partial charge in [-0.25, -0.2) is 9.78 Å². The molecule has 6 nitrogen and oxygen atoms in total. The van der Waals surface area contributed by atoms with E-state index in [2.05, 4.69) is 10.3 Å². The second-order valence-corrected chi connectivity index (χ2v) is 6.07. The number of hydrogen-bond acceptors (Lipinski definition) is 5. The van der Waals surface area contributed by atoms with Gasteiger partial charge in [0.05, 0.1) is 5.01 Å². The molecule has 1 saturated heterocycles. The first-order valence-electron chi connectivity index (χ1n) is 6.54. The monoisotopic (exact) mass is 298 g/mol. The second kappa shape index (κ2) is 5.88. The Morgan fingerprint density at radius 3 is 2.60 bits per heavy atom. The molecule has 0 aliphatic carbocycles. The number of aliphatic carboxylic acids is 1. The van der Waals surface area contributed by atoms with Crippen LogP contribution in [0.25, 0.3) is 0 Å². The van der Waals surface area contributed by atoms with Gasteiger partial charge in [-0.1, -0.05) is 13.8 Å². The smallest absolute Gasteiger partial charge is 0.329 e. The molecule has 1 fully saturated rings. The summed E-state index contributed by atoms with van der Waals surface area (Å²) >= 11 is 1.41. The lowest BCUT2D eigenvalue weighted by atomic mass is 9.90. The van der Waals surface area contributed by atoms with Crippen molar-refractivity contribution >= 4 is 23.2 Å². The van der Waals surface area contributed by atoms with Crippen LogP contribution in [0.3, 0.4) is 0 Å². The Hall–Kier alpha value is -1.47. The number of carbonyl (C=O) groups excluding carboxylic acids is 1. The van der Waals surface area contributed by atoms with Gasteiger partial charge in [0, 0.05) is 37.4 Å². The van der Waals surface area contributed by atoms with E-state index in [1.165, 1.54) is 11.3 Å². The van der Waals surface area contributed by atoms with Gasteiger partial charge in [0.1, 0.15) is 11.2 Å². The van der Waals surface area contributed by atoms with Gasteiger partial charge in [0.15, 0.2) is 0 Å². The highest BCUT2D eigenvalue weighted by Gasteiger charge is 2.42. The van der Waals surface area contributed by atoms with Crippen molar-refractivity contribution in [1.29, 1.82) is 0 Å². The number of rotatable bonds is 4. The average molecular weight is 298 g/mol. The van der Waals surface area contributed by atoms with Crippen LogP contribution in [0.1, 0.15) is 48.1 Å². The zero-order valence-corrected chi connectivity index (χ0v) is 12.3. The molecule has 0 spiro atoms. The zero-order chi connectivity index (χ0) is 14.8. The molecule has 0 radical (unpaired) electrons. The summed E-state index contributed by atoms with van der Waals surface area (Å²) in [4.78, 5) is 27.9. The standard InChI is InChI=1S/C13H18N2O4S/c1-8(2)11-14-9(7-20-11)10(16)15-13(12(17)18)3-5-19-6-4-13/h7-8H,3-6H2,1-2H3,(H,15,16)(H,17,18). The van der Waals surface area contributed by atoms with Gasteiger partial charge in [-0.15, -0.1) is 11.3 Å². The summed E-state index contributed by atoms with van der Waals surface area (Å²) in [6.45, 7) is 4.66. The average Bonchev–Trinajstić information content (AvgIpc) is 2.89. The molecule has 0 bridgehead atoms. The molecule has 0 aromatic carbocycles. The van der Waals surface area contributed by atoms with E-state index >= 15 is 0 Å². The molecule has 0 atom stereocenters. The largest absolute Gasteiger partial charge is 0.480 e. The number of hydrogen-bond donors (Lipinski definition) is 2. The first kappa shape index (κ1) is 14.9. The van der Waals surface area contributed by atoms with Crippen LogP contribution in [0, 0.1) is 0 Å². The predicted octanol–water partition coefficient (Wildman–Crippen LogP) is 1.63. The SMILES string of the molecule is CC(C)c1nc(C(=O)NC2(C(=O)O)CCOCC2)cs1. The minimum Gasteiger partial charge on any atom is -0.480 e. The van der Waals surface area contributed by atoms with E-state index in [9.17, 15) is 14.7 Å². The molecule has 7 heteroatoms. The quantitative estimate of drug-likeness (QED) is 0.882. The summed E-state index contributed by atoms with van der Waals surface area (Å²) < 4.78 is 5.17. The Kier molecular flexibility index (Phi) is 4.39. The van der Waals surface area contributed by atoms with Crippen molar-refractivity contribution < 1.29 is 19.4 Å². The molecule has 1 aliphatic heterocycles. The van der Waals surface area contributed by atoms with Crippen LogP contribution in [0.4, 0.5) is 0 Å². The van der Waals surface area contributed by atoms with Gasteiger partial charge in [-0.05, 0) is 0 Å². The van der Waals surface area contributed by atoms with Crippen molar-refractivity contribution in [3.8, 4) is 0 Å². The number of nitrogens with zero attached hydrogens (tertiary/aromatic N) is 1. The molecule has 2 N–H and O–H groups in total. The van der Waals surface area contributed by atoms with Gasteiger partial charge >= 0.3 is 5.97 Å². The van der Waals surface area contributed by atoms with Crippen molar-refractivity contribution in [3.63, 3.8) is 0 Å². The molecular formula is C13H18N2O4S. The zero-order valence-electron chi connectivity index (χ0n) is 11.5. The van der Waals surface area contributed by atoms with E-state index in [1.54, 1.807) is 5.38 Å². The molecule has 2 rings (SSSR count). The number of aromatic nitrogens is 1. The topological polar surface area (TPSA) is 88.5 Å². The Labute approximate surface area is 121 Å². The summed E-state index contributed by atoms with van der Waals surface area (Å²) in [5, 5.41) is 14.5. The van der Waals surface area contributed by atoms with E-state index in [0.717, 1.165) is 5.01 Å². The molecule has 110 valence electrons. The van der Waals surface area contributed by atoms with Gasteiger partial charge < -0.3 is 15.2 Å². The van der Waals surface area contributed by atoms with Crippen molar-refractivity contribution in [3.05, 3.63) is 16.1 Å². The van der Waals surface area contributed by atoms with E-state index in [1.807, 2.05) is 13.8 Å². The van der Waals surface area contributed by atoms with Crippen LogP contribution in [0.15, 0.2) is 5.38 Å². The number of carboxylic acids is 1. The third kappa shape index (κ3) is 2.99. The van der Waals surface area contributed by atoms with E-state index in [0.29, 0.717) is 13.2 Å². The molecule has 20 heavy (non-hydrogen) atoms. The highest BCUT2D eigenvalue weighted by Crippen LogP contribution is 2.23. The maximum atomic E-state index is 12.2. The first-order valence-corrected chi connectivity index (χ1v) is 7.42. The maximum absolute atomic E-state index is 12.2. The summed E-state index contributed by atoms with van der Waals surface area (Å²) in [5.74, 6) is -1.20. The van der Waals surface area contributed by atoms with E-state index in [4.69, 9.17) is 4.74 Å². The Balaban J connectivity index is 2.13. The Morgan fingerprint density at radius 1 is 1.45 bits per heavy atom. The predicted molar refractivity (Wildman–Crippen MR) is 74.1 cm³/mol. The van der Waals surface area contributed by atoms with E-state index in [-0.39, 0.29) is 24.5 Å². The highest BCUT2D eigenvalue weighted by molar-refractivity contribution is 7.09. The highest BCUT2D eigenvalue weighted by atomic mass is 32.1. The lowest BCUT2D eigenvalue weighted by molar-refractivity contribution is -0.148. The summed E-state index contributed by atoms with van der Waals surface area (Å²) in [6.07, 6.45) is 0.546. The third-order valence-corrected chi connectivity index (χ3v) is 4.50. The lowest BCUT2D eigenvalue weighted by Crippen LogP contribution is -2.57. The van der Waals surface area contributed by atoms with Gasteiger partial charge in [0.2, 0.25) is 0 Å². The van der Waals surface area contributed by atoms with Crippen molar-refractivity contribution in [2.45, 2.75) is 38.1 Å². The molecule has 1 aliphatic rings. The molecule has 1 amide bonds. The fourth-order valence-electron chi connectivity index (χ4n) is 2.05. The molecule has 1 aromatic heterocycles. The van der Waals surface area contributed by atoms with Crippen LogP contribution in [-0.4, -0.2) is 40.7 Å². The summed E-state index contributed by atoms with van der Waals surface area (Å²) in [7, 11) is 0. The third-order valence-electron chi connectivity index (χ3n) is 3.36. The molecule has 2 heterocycles. The van der Waals surface area contributed by atoms with Crippen molar-refractivity contribution in [1.82, 2.24) is 10.3 Å². The van der Waals surface area contributed by atoms with Crippen LogP contribution in [0.5, 0.6) is 0 Å². The Morgan fingerprint density at radius 2 is 2.10 bits per heavy atom. The molecule has 0 saturated carbocycles. The number of thiazole rings is 1. The summed E-state index contributed by atoms with van der Waals surface area (Å²) in [5.41, 5.74) is -0.956. The number of carbonyl (C=O) groups is 2. The van der Waals surface area contributed by atoms with Crippen LogP contribution >= 0.6 is 11.3 Å². The fraction of sp³-hybridized carbons (Fsp3) is 0.615. The van der Waals surface area contributed by atoms with E-state index < -0.39 is 17.4 Å². The fourth-order valence-corrected chi connectivity index (χ4v) is 2.87. The number of carboxylic acid groups (broad SMARTS) is 1. The number of ether oxygens (including phenoxy) is 1. The van der Waals surface area contributed by atoms with Crippen molar-refractivity contribution in [2.75, 3.05) is 13.2 Å². The molecular weight excluding hydrogens is 280 g/mol. The first-order chi connectivity index (χ1) is 9.44. The second-order valence-electron chi connectivity index (χ2n) is 5.18. The van der Waals surface area contributed by atoms with Gasteiger partial charge in [-0.3, -0.25) is 4.79 Å². The minimum absolute atomic E-state index is 0.248. The summed E-state index contributed by atoms with van der Waals surface area (Å²) in [6, 6.07) is 0. The normalized spacial score (nSPS) is 17.9. The number of nitrogens with one attached hydrogen (secondary N) is 1. The maximum Gasteiger partial charge on any atom is 0.329 e. The van der Waals surface area contributed by atoms with Gasteiger partial charge in [0.25, 0.3) is 5.91 Å². The molecule has 0 unspecified atom stereocenters.